The fourth-order valence-electron chi connectivity index (χ4n) is 3.94. The van der Waals surface area contributed by atoms with Crippen molar-refractivity contribution in [1.29, 1.82) is 0 Å². The van der Waals surface area contributed by atoms with E-state index in [9.17, 15) is 9.59 Å². The highest BCUT2D eigenvalue weighted by molar-refractivity contribution is 6.00. The Morgan fingerprint density at radius 1 is 1.19 bits per heavy atom. The van der Waals surface area contributed by atoms with Gasteiger partial charge >= 0.3 is 0 Å². The average molecular weight is 367 g/mol. The van der Waals surface area contributed by atoms with Gasteiger partial charge in [-0.25, -0.2) is 9.97 Å². The van der Waals surface area contributed by atoms with Crippen LogP contribution in [-0.4, -0.2) is 58.4 Å². The van der Waals surface area contributed by atoms with E-state index in [0.29, 0.717) is 25.4 Å². The first-order valence-electron chi connectivity index (χ1n) is 9.00. The van der Waals surface area contributed by atoms with Crippen LogP contribution in [0.25, 0.3) is 0 Å². The van der Waals surface area contributed by atoms with Crippen LogP contribution in [0.1, 0.15) is 29.9 Å². The van der Waals surface area contributed by atoms with Crippen LogP contribution < -0.4 is 9.64 Å². The second-order valence-electron chi connectivity index (χ2n) is 6.98. The lowest BCUT2D eigenvalue weighted by molar-refractivity contribution is -0.127. The Kier molecular flexibility index (Phi) is 4.47. The van der Waals surface area contributed by atoms with Gasteiger partial charge in [-0.2, -0.15) is 0 Å². The smallest absolute Gasteiger partial charge is 0.291 e. The summed E-state index contributed by atoms with van der Waals surface area (Å²) in [6, 6.07) is 3.71. The normalized spacial score (nSPS) is 22.3. The number of piperidine rings is 1. The molecule has 1 atom stereocenters. The van der Waals surface area contributed by atoms with E-state index < -0.39 is 5.41 Å². The lowest BCUT2D eigenvalue weighted by Gasteiger charge is -2.38. The molecule has 2 amide bonds. The molecule has 0 N–H and O–H groups in total. The zero-order chi connectivity index (χ0) is 18.9. The maximum atomic E-state index is 13.2. The number of methoxy groups -OCH3 is 1. The minimum Gasteiger partial charge on any atom is -0.494 e. The molecule has 4 heterocycles. The molecule has 4 rings (SSSR count). The van der Waals surface area contributed by atoms with Gasteiger partial charge in [-0.1, -0.05) is 0 Å². The van der Waals surface area contributed by atoms with E-state index >= 15 is 0 Å². The molecule has 1 spiro atoms. The van der Waals surface area contributed by atoms with Gasteiger partial charge < -0.3 is 14.5 Å². The summed E-state index contributed by atoms with van der Waals surface area (Å²) in [4.78, 5) is 41.8. The van der Waals surface area contributed by atoms with Gasteiger partial charge in [0.05, 0.1) is 36.8 Å². The van der Waals surface area contributed by atoms with Gasteiger partial charge in [-0.15, -0.1) is 0 Å². The summed E-state index contributed by atoms with van der Waals surface area (Å²) in [6.07, 6.45) is 8.65. The molecule has 27 heavy (non-hydrogen) atoms. The van der Waals surface area contributed by atoms with E-state index in [1.165, 1.54) is 19.5 Å². The second-order valence-corrected chi connectivity index (χ2v) is 6.98. The van der Waals surface area contributed by atoms with Crippen molar-refractivity contribution < 1.29 is 14.3 Å². The van der Waals surface area contributed by atoms with Crippen molar-refractivity contribution in [2.24, 2.45) is 5.41 Å². The summed E-state index contributed by atoms with van der Waals surface area (Å²) in [5.41, 5.74) is 0.275. The second kappa shape index (κ2) is 6.94. The highest BCUT2D eigenvalue weighted by Crippen LogP contribution is 2.41. The number of anilines is 1. The highest BCUT2D eigenvalue weighted by Gasteiger charge is 2.50. The molecule has 0 aliphatic carbocycles. The van der Waals surface area contributed by atoms with Crippen molar-refractivity contribution in [3.05, 3.63) is 42.7 Å². The number of hydrogen-bond acceptors (Lipinski definition) is 6. The number of nitrogens with zero attached hydrogens (tertiary/aromatic N) is 5. The predicted octanol–water partition coefficient (Wildman–Crippen LogP) is 1.54. The van der Waals surface area contributed by atoms with Crippen molar-refractivity contribution >= 4 is 17.5 Å². The van der Waals surface area contributed by atoms with Crippen molar-refractivity contribution in [1.82, 2.24) is 19.9 Å². The Bertz CT molecular complexity index is 842. The topological polar surface area (TPSA) is 88.5 Å². The van der Waals surface area contributed by atoms with Gasteiger partial charge in [0.1, 0.15) is 0 Å². The van der Waals surface area contributed by atoms with Crippen molar-refractivity contribution in [3.8, 4) is 5.75 Å². The van der Waals surface area contributed by atoms with Crippen LogP contribution in [0, 0.1) is 5.41 Å². The van der Waals surface area contributed by atoms with Gasteiger partial charge in [0.25, 0.3) is 5.91 Å². The number of aromatic nitrogens is 3. The largest absolute Gasteiger partial charge is 0.494 e. The molecule has 140 valence electrons. The average Bonchev–Trinajstić information content (AvgIpc) is 3.04. The van der Waals surface area contributed by atoms with Crippen LogP contribution in [0.2, 0.25) is 0 Å². The van der Waals surface area contributed by atoms with E-state index in [1.54, 1.807) is 22.2 Å². The summed E-state index contributed by atoms with van der Waals surface area (Å²) < 4.78 is 5.03. The summed E-state index contributed by atoms with van der Waals surface area (Å²) in [5.74, 6) is 0.454. The quantitative estimate of drug-likeness (QED) is 0.818. The molecule has 0 radical (unpaired) electrons. The first-order valence-corrected chi connectivity index (χ1v) is 9.00. The van der Waals surface area contributed by atoms with E-state index in [4.69, 9.17) is 4.74 Å². The number of pyridine rings is 1. The Morgan fingerprint density at radius 2 is 2.00 bits per heavy atom. The summed E-state index contributed by atoms with van der Waals surface area (Å²) in [5, 5.41) is 0. The van der Waals surface area contributed by atoms with E-state index in [1.807, 2.05) is 12.1 Å². The van der Waals surface area contributed by atoms with Crippen LogP contribution in [0.3, 0.4) is 0 Å². The van der Waals surface area contributed by atoms with Gasteiger partial charge in [-0.3, -0.25) is 14.6 Å². The molecule has 2 aliphatic heterocycles. The zero-order valence-corrected chi connectivity index (χ0v) is 15.2. The molecule has 1 unspecified atom stereocenters. The molecular formula is C19H21N5O3. The van der Waals surface area contributed by atoms with Gasteiger partial charge in [0.15, 0.2) is 5.75 Å². The molecule has 8 nitrogen and oxygen atoms in total. The molecule has 8 heteroatoms. The Hall–Kier alpha value is -3.03. The van der Waals surface area contributed by atoms with Crippen molar-refractivity contribution in [2.45, 2.75) is 19.3 Å². The molecule has 0 saturated carbocycles. The minimum absolute atomic E-state index is 0.0728. The monoisotopic (exact) mass is 367 g/mol. The van der Waals surface area contributed by atoms with Gasteiger partial charge in [0, 0.05) is 25.8 Å². The maximum Gasteiger partial charge on any atom is 0.291 e. The number of amides is 2. The zero-order valence-electron chi connectivity index (χ0n) is 15.2. The first kappa shape index (κ1) is 17.4. The van der Waals surface area contributed by atoms with Crippen LogP contribution >= 0.6 is 0 Å². The molecule has 2 aromatic rings. The first-order chi connectivity index (χ1) is 13.1. The molecular weight excluding hydrogens is 346 g/mol. The Morgan fingerprint density at radius 3 is 2.70 bits per heavy atom. The van der Waals surface area contributed by atoms with E-state index in [-0.39, 0.29) is 17.6 Å². The molecule has 0 bridgehead atoms. The van der Waals surface area contributed by atoms with E-state index in [0.717, 1.165) is 24.9 Å². The third kappa shape index (κ3) is 3.11. The van der Waals surface area contributed by atoms with Crippen molar-refractivity contribution in [3.63, 3.8) is 0 Å². The highest BCUT2D eigenvalue weighted by atomic mass is 16.5. The van der Waals surface area contributed by atoms with Crippen molar-refractivity contribution in [2.75, 3.05) is 31.6 Å². The minimum atomic E-state index is -0.532. The number of carbonyl (C=O) groups excluding carboxylic acids is 2. The summed E-state index contributed by atoms with van der Waals surface area (Å²) in [7, 11) is 1.52. The number of carbonyl (C=O) groups is 2. The van der Waals surface area contributed by atoms with Crippen LogP contribution in [0.15, 0.2) is 36.9 Å². The van der Waals surface area contributed by atoms with Crippen LogP contribution in [0.4, 0.5) is 5.69 Å². The van der Waals surface area contributed by atoms with Crippen LogP contribution in [0.5, 0.6) is 5.75 Å². The molecule has 2 aromatic heterocycles. The number of likely N-dealkylation sites (tertiary alicyclic amines) is 1. The molecule has 2 saturated heterocycles. The summed E-state index contributed by atoms with van der Waals surface area (Å²) >= 11 is 0. The number of hydrogen-bond donors (Lipinski definition) is 0. The fraction of sp³-hybridized carbons (Fsp3) is 0.421. The van der Waals surface area contributed by atoms with E-state index in [2.05, 4.69) is 15.0 Å². The molecule has 2 fully saturated rings. The predicted molar refractivity (Wildman–Crippen MR) is 97.4 cm³/mol. The van der Waals surface area contributed by atoms with Gasteiger partial charge in [-0.05, 0) is 31.4 Å². The Labute approximate surface area is 157 Å². The number of rotatable bonds is 3. The summed E-state index contributed by atoms with van der Waals surface area (Å²) in [6.45, 7) is 1.65. The molecule has 0 aromatic carbocycles. The standard InChI is InChI=1S/C19H21N5O3/c1-27-15-11-21-16(22-12-15)17(25)23-8-3-5-19(13-23)6-9-24(18(19)26)14-4-2-7-20-10-14/h2,4,7,10-12H,3,5-6,8-9,13H2,1H3. The maximum absolute atomic E-state index is 13.2. The fourth-order valence-corrected chi connectivity index (χ4v) is 3.94. The third-order valence-electron chi connectivity index (χ3n) is 5.39. The lowest BCUT2D eigenvalue weighted by atomic mass is 9.78. The third-order valence-corrected chi connectivity index (χ3v) is 5.39. The van der Waals surface area contributed by atoms with Gasteiger partial charge in [0.2, 0.25) is 11.7 Å². The lowest BCUT2D eigenvalue weighted by Crippen LogP contribution is -2.50. The Balaban J connectivity index is 1.52. The number of ether oxygens (including phenoxy) is 1. The SMILES string of the molecule is COc1cnc(C(=O)N2CCCC3(CCN(c4cccnc4)C3=O)C2)nc1. The molecule has 2 aliphatic rings. The van der Waals surface area contributed by atoms with Crippen LogP contribution in [-0.2, 0) is 4.79 Å².